The van der Waals surface area contributed by atoms with E-state index in [2.05, 4.69) is 5.32 Å². The largest absolute Gasteiger partial charge is 0.497 e. The summed E-state index contributed by atoms with van der Waals surface area (Å²) in [6, 6.07) is 11.9. The van der Waals surface area contributed by atoms with Crippen LogP contribution in [0, 0.1) is 18.3 Å². The summed E-state index contributed by atoms with van der Waals surface area (Å²) in [6.45, 7) is 1.83. The molecule has 28 heavy (non-hydrogen) atoms. The van der Waals surface area contributed by atoms with Gasteiger partial charge in [-0.25, -0.2) is 4.79 Å². The normalized spacial score (nSPS) is 10.5. The van der Waals surface area contributed by atoms with Crippen LogP contribution in [-0.2, 0) is 11.2 Å². The standard InChI is InChI=1S/C21H17ClN2O4/c1-12-16-6-5-15(27-2)10-19(16)28-21(26)17(12)7-8-20(25)24-14-4-3-13(11-23)18(22)9-14/h3-6,9-10H,7-8H2,1-2H3,(H,24,25). The highest BCUT2D eigenvalue weighted by atomic mass is 35.5. The van der Waals surface area contributed by atoms with E-state index in [0.717, 1.165) is 10.9 Å². The van der Waals surface area contributed by atoms with Crippen LogP contribution >= 0.6 is 11.6 Å². The number of nitrogens with one attached hydrogen (secondary N) is 1. The molecule has 0 aliphatic heterocycles. The first-order chi connectivity index (χ1) is 13.4. The molecule has 3 aromatic rings. The van der Waals surface area contributed by atoms with Crippen LogP contribution in [0.2, 0.25) is 5.02 Å². The van der Waals surface area contributed by atoms with Crippen molar-refractivity contribution >= 4 is 34.2 Å². The summed E-state index contributed by atoms with van der Waals surface area (Å²) in [6.07, 6.45) is 0.344. The highest BCUT2D eigenvalue weighted by molar-refractivity contribution is 6.32. The number of methoxy groups -OCH3 is 1. The van der Waals surface area contributed by atoms with Gasteiger partial charge in [0.25, 0.3) is 0 Å². The lowest BCUT2D eigenvalue weighted by atomic mass is 10.0. The maximum absolute atomic E-state index is 12.4. The van der Waals surface area contributed by atoms with Crippen molar-refractivity contribution in [3.63, 3.8) is 0 Å². The predicted molar refractivity (Wildman–Crippen MR) is 107 cm³/mol. The van der Waals surface area contributed by atoms with E-state index in [9.17, 15) is 9.59 Å². The van der Waals surface area contributed by atoms with E-state index < -0.39 is 5.63 Å². The summed E-state index contributed by atoms with van der Waals surface area (Å²) < 4.78 is 10.5. The van der Waals surface area contributed by atoms with Gasteiger partial charge in [0, 0.05) is 29.1 Å². The number of anilines is 1. The van der Waals surface area contributed by atoms with Crippen LogP contribution in [-0.4, -0.2) is 13.0 Å². The zero-order chi connectivity index (χ0) is 20.3. The van der Waals surface area contributed by atoms with E-state index >= 15 is 0 Å². The zero-order valence-corrected chi connectivity index (χ0v) is 16.1. The fourth-order valence-corrected chi connectivity index (χ4v) is 3.16. The molecule has 0 radical (unpaired) electrons. The summed E-state index contributed by atoms with van der Waals surface area (Å²) in [5.74, 6) is 0.331. The molecule has 1 N–H and O–H groups in total. The first kappa shape index (κ1) is 19.5. The second-order valence-electron chi connectivity index (χ2n) is 6.21. The molecule has 0 aliphatic rings. The minimum absolute atomic E-state index is 0.102. The summed E-state index contributed by atoms with van der Waals surface area (Å²) in [5, 5.41) is 12.7. The van der Waals surface area contributed by atoms with Crippen molar-refractivity contribution in [1.29, 1.82) is 5.26 Å². The molecule has 6 nitrogen and oxygen atoms in total. The fraction of sp³-hybridized carbons (Fsp3) is 0.190. The number of amides is 1. The zero-order valence-electron chi connectivity index (χ0n) is 15.3. The van der Waals surface area contributed by atoms with E-state index in [4.69, 9.17) is 26.0 Å². The van der Waals surface area contributed by atoms with Crippen LogP contribution in [0.15, 0.2) is 45.6 Å². The highest BCUT2D eigenvalue weighted by Crippen LogP contribution is 2.25. The molecule has 1 aromatic heterocycles. The van der Waals surface area contributed by atoms with Gasteiger partial charge in [0.15, 0.2) is 0 Å². The van der Waals surface area contributed by atoms with Crippen LogP contribution < -0.4 is 15.7 Å². The highest BCUT2D eigenvalue weighted by Gasteiger charge is 2.14. The smallest absolute Gasteiger partial charge is 0.339 e. The van der Waals surface area contributed by atoms with Crippen molar-refractivity contribution in [2.45, 2.75) is 19.8 Å². The second-order valence-corrected chi connectivity index (χ2v) is 6.62. The monoisotopic (exact) mass is 396 g/mol. The predicted octanol–water partition coefficient (Wildman–Crippen LogP) is 4.21. The summed E-state index contributed by atoms with van der Waals surface area (Å²) >= 11 is 5.97. The summed E-state index contributed by atoms with van der Waals surface area (Å²) in [7, 11) is 1.54. The summed E-state index contributed by atoms with van der Waals surface area (Å²) in [5.41, 5.74) is 2.05. The molecular weight excluding hydrogens is 380 g/mol. The number of benzene rings is 2. The van der Waals surface area contributed by atoms with E-state index in [1.807, 2.05) is 19.1 Å². The molecule has 2 aromatic carbocycles. The third-order valence-electron chi connectivity index (χ3n) is 4.47. The molecule has 1 amide bonds. The maximum atomic E-state index is 12.4. The Morgan fingerprint density at radius 2 is 2.07 bits per heavy atom. The quantitative estimate of drug-likeness (QED) is 0.652. The lowest BCUT2D eigenvalue weighted by Gasteiger charge is -2.09. The van der Waals surface area contributed by atoms with Gasteiger partial charge in [-0.15, -0.1) is 0 Å². The minimum Gasteiger partial charge on any atom is -0.497 e. The first-order valence-electron chi connectivity index (χ1n) is 8.52. The molecule has 0 unspecified atom stereocenters. The fourth-order valence-electron chi connectivity index (χ4n) is 2.94. The van der Waals surface area contributed by atoms with E-state index in [0.29, 0.717) is 28.1 Å². The molecule has 142 valence electrons. The number of ether oxygens (including phenoxy) is 1. The molecule has 0 atom stereocenters. The first-order valence-corrected chi connectivity index (χ1v) is 8.90. The van der Waals surface area contributed by atoms with Gasteiger partial charge in [0.1, 0.15) is 17.4 Å². The Morgan fingerprint density at radius 3 is 2.75 bits per heavy atom. The number of nitrogens with zero attached hydrogens (tertiary/aromatic N) is 1. The topological polar surface area (TPSA) is 92.3 Å². The average Bonchev–Trinajstić information content (AvgIpc) is 2.67. The molecule has 0 saturated carbocycles. The Labute approximate surface area is 166 Å². The third-order valence-corrected chi connectivity index (χ3v) is 4.78. The van der Waals surface area contributed by atoms with Gasteiger partial charge >= 0.3 is 5.63 Å². The van der Waals surface area contributed by atoms with Crippen LogP contribution in [0.5, 0.6) is 5.75 Å². The molecule has 0 saturated heterocycles. The molecule has 0 fully saturated rings. The van der Waals surface area contributed by atoms with Crippen LogP contribution in [0.25, 0.3) is 11.0 Å². The van der Waals surface area contributed by atoms with E-state index in [1.54, 1.807) is 25.3 Å². The van der Waals surface area contributed by atoms with Crippen molar-refractivity contribution in [3.8, 4) is 11.8 Å². The number of hydrogen-bond acceptors (Lipinski definition) is 5. The molecule has 0 spiro atoms. The Morgan fingerprint density at radius 1 is 1.29 bits per heavy atom. The molecule has 7 heteroatoms. The number of carbonyl (C=O) groups is 1. The Balaban J connectivity index is 1.76. The average molecular weight is 397 g/mol. The number of fused-ring (bicyclic) bond motifs is 1. The van der Waals surface area contributed by atoms with Gasteiger partial charge in [0.2, 0.25) is 5.91 Å². The van der Waals surface area contributed by atoms with Gasteiger partial charge in [0.05, 0.1) is 17.7 Å². The van der Waals surface area contributed by atoms with Crippen molar-refractivity contribution in [2.24, 2.45) is 0 Å². The lowest BCUT2D eigenvalue weighted by molar-refractivity contribution is -0.116. The van der Waals surface area contributed by atoms with Gasteiger partial charge in [-0.2, -0.15) is 5.26 Å². The number of aryl methyl sites for hydroxylation is 1. The Kier molecular flexibility index (Phi) is 5.67. The lowest BCUT2D eigenvalue weighted by Crippen LogP contribution is -2.16. The van der Waals surface area contributed by atoms with Crippen LogP contribution in [0.4, 0.5) is 5.69 Å². The minimum atomic E-state index is -0.465. The summed E-state index contributed by atoms with van der Waals surface area (Å²) in [4.78, 5) is 24.6. The van der Waals surface area contributed by atoms with E-state index in [-0.39, 0.29) is 23.8 Å². The number of halogens is 1. The van der Waals surface area contributed by atoms with Gasteiger partial charge in [-0.1, -0.05) is 11.6 Å². The van der Waals surface area contributed by atoms with Gasteiger partial charge in [-0.3, -0.25) is 4.79 Å². The SMILES string of the molecule is COc1ccc2c(C)c(CCC(=O)Nc3ccc(C#N)c(Cl)c3)c(=O)oc2c1. The number of hydrogen-bond donors (Lipinski definition) is 1. The molecule has 0 bridgehead atoms. The number of nitriles is 1. The van der Waals surface area contributed by atoms with Crippen molar-refractivity contribution in [2.75, 3.05) is 12.4 Å². The van der Waals surface area contributed by atoms with Crippen LogP contribution in [0.1, 0.15) is 23.1 Å². The Hall–Kier alpha value is -3.30. The molecular formula is C21H17ClN2O4. The van der Waals surface area contributed by atoms with Gasteiger partial charge < -0.3 is 14.5 Å². The van der Waals surface area contributed by atoms with Crippen molar-refractivity contribution < 1.29 is 13.9 Å². The molecule has 0 aliphatic carbocycles. The maximum Gasteiger partial charge on any atom is 0.339 e. The molecule has 1 heterocycles. The third kappa shape index (κ3) is 4.00. The number of carbonyl (C=O) groups excluding carboxylic acids is 1. The van der Waals surface area contributed by atoms with Crippen molar-refractivity contribution in [3.05, 3.63) is 68.5 Å². The van der Waals surface area contributed by atoms with Crippen molar-refractivity contribution in [1.82, 2.24) is 0 Å². The van der Waals surface area contributed by atoms with Gasteiger partial charge in [-0.05, 0) is 49.2 Å². The molecule has 3 rings (SSSR count). The number of rotatable bonds is 5. The second kappa shape index (κ2) is 8.15. The Bertz CT molecular complexity index is 1160. The van der Waals surface area contributed by atoms with E-state index in [1.165, 1.54) is 12.1 Å². The van der Waals surface area contributed by atoms with Crippen LogP contribution in [0.3, 0.4) is 0 Å².